The fraction of sp³-hybridized carbons (Fsp3) is 0.417. The zero-order valence-electron chi connectivity index (χ0n) is 17.9. The summed E-state index contributed by atoms with van der Waals surface area (Å²) < 4.78 is 10.9. The fourth-order valence-electron chi connectivity index (χ4n) is 4.05. The quantitative estimate of drug-likeness (QED) is 0.762. The van der Waals surface area contributed by atoms with E-state index in [2.05, 4.69) is 18.7 Å². The van der Waals surface area contributed by atoms with Crippen LogP contribution in [0.1, 0.15) is 37.4 Å². The molecular formula is C24H29N3O3. The van der Waals surface area contributed by atoms with E-state index in [1.807, 2.05) is 54.6 Å². The number of ether oxygens (including phenoxy) is 2. The third-order valence-corrected chi connectivity index (χ3v) is 5.92. The number of nitrogens with zero attached hydrogens (tertiary/aromatic N) is 3. The third kappa shape index (κ3) is 4.25. The van der Waals surface area contributed by atoms with E-state index in [-0.39, 0.29) is 17.5 Å². The van der Waals surface area contributed by atoms with Crippen molar-refractivity contribution in [1.82, 2.24) is 9.91 Å². The maximum Gasteiger partial charge on any atom is 0.257 e. The number of amides is 1. The SMILES string of the molecule is COc1ccc(C2CC(c3ccccc3)=NN2C(=O)CN2CCOCC2(C)C)cc1. The summed E-state index contributed by atoms with van der Waals surface area (Å²) in [5.41, 5.74) is 2.87. The molecule has 1 atom stereocenters. The van der Waals surface area contributed by atoms with Crippen LogP contribution in [-0.2, 0) is 9.53 Å². The second-order valence-corrected chi connectivity index (χ2v) is 8.43. The number of carbonyl (C=O) groups excluding carboxylic acids is 1. The summed E-state index contributed by atoms with van der Waals surface area (Å²) >= 11 is 0. The van der Waals surface area contributed by atoms with E-state index >= 15 is 0 Å². The molecule has 2 heterocycles. The predicted octanol–water partition coefficient (Wildman–Crippen LogP) is 3.48. The van der Waals surface area contributed by atoms with Gasteiger partial charge in [-0.3, -0.25) is 9.69 Å². The first-order chi connectivity index (χ1) is 14.5. The first-order valence-corrected chi connectivity index (χ1v) is 10.4. The maximum absolute atomic E-state index is 13.4. The molecule has 0 radical (unpaired) electrons. The molecule has 6 heteroatoms. The smallest absolute Gasteiger partial charge is 0.257 e. The third-order valence-electron chi connectivity index (χ3n) is 5.92. The highest BCUT2D eigenvalue weighted by Crippen LogP contribution is 2.34. The Kier molecular flexibility index (Phi) is 5.88. The van der Waals surface area contributed by atoms with Crippen LogP contribution < -0.4 is 4.74 Å². The highest BCUT2D eigenvalue weighted by molar-refractivity contribution is 6.03. The second kappa shape index (κ2) is 8.58. The Morgan fingerprint density at radius 3 is 2.57 bits per heavy atom. The summed E-state index contributed by atoms with van der Waals surface area (Å²) in [7, 11) is 1.65. The second-order valence-electron chi connectivity index (χ2n) is 8.43. The van der Waals surface area contributed by atoms with Crippen molar-refractivity contribution in [3.05, 3.63) is 65.7 Å². The van der Waals surface area contributed by atoms with Gasteiger partial charge in [-0.05, 0) is 37.1 Å². The lowest BCUT2D eigenvalue weighted by Crippen LogP contribution is -2.55. The van der Waals surface area contributed by atoms with Crippen LogP contribution in [-0.4, -0.2) is 60.5 Å². The zero-order chi connectivity index (χ0) is 21.1. The molecule has 0 bridgehead atoms. The lowest BCUT2D eigenvalue weighted by atomic mass is 9.98. The summed E-state index contributed by atoms with van der Waals surface area (Å²) in [5.74, 6) is 0.811. The van der Waals surface area contributed by atoms with E-state index in [1.54, 1.807) is 12.1 Å². The van der Waals surface area contributed by atoms with Crippen molar-refractivity contribution >= 4 is 11.6 Å². The minimum Gasteiger partial charge on any atom is -0.497 e. The van der Waals surface area contributed by atoms with Gasteiger partial charge in [0.1, 0.15) is 5.75 Å². The van der Waals surface area contributed by atoms with Crippen molar-refractivity contribution in [2.75, 3.05) is 33.4 Å². The van der Waals surface area contributed by atoms with E-state index in [9.17, 15) is 4.79 Å². The van der Waals surface area contributed by atoms with Crippen LogP contribution in [0.4, 0.5) is 0 Å². The molecule has 158 valence electrons. The average molecular weight is 408 g/mol. The van der Waals surface area contributed by atoms with Gasteiger partial charge in [0.2, 0.25) is 0 Å². The Balaban J connectivity index is 1.61. The van der Waals surface area contributed by atoms with Gasteiger partial charge < -0.3 is 9.47 Å². The maximum atomic E-state index is 13.4. The largest absolute Gasteiger partial charge is 0.497 e. The molecule has 0 saturated carbocycles. The molecule has 1 unspecified atom stereocenters. The molecule has 1 saturated heterocycles. The van der Waals surface area contributed by atoms with Crippen LogP contribution in [0.15, 0.2) is 59.7 Å². The summed E-state index contributed by atoms with van der Waals surface area (Å²) in [6, 6.07) is 17.9. The van der Waals surface area contributed by atoms with E-state index in [4.69, 9.17) is 14.6 Å². The van der Waals surface area contributed by atoms with Gasteiger partial charge in [0, 0.05) is 18.5 Å². The van der Waals surface area contributed by atoms with Gasteiger partial charge in [-0.1, -0.05) is 42.5 Å². The predicted molar refractivity (Wildman–Crippen MR) is 117 cm³/mol. The molecule has 2 aromatic rings. The van der Waals surface area contributed by atoms with Crippen molar-refractivity contribution in [1.29, 1.82) is 0 Å². The molecule has 0 aromatic heterocycles. The first-order valence-electron chi connectivity index (χ1n) is 10.4. The number of carbonyl (C=O) groups is 1. The van der Waals surface area contributed by atoms with Gasteiger partial charge in [-0.2, -0.15) is 5.10 Å². The lowest BCUT2D eigenvalue weighted by Gasteiger charge is -2.42. The van der Waals surface area contributed by atoms with E-state index in [0.717, 1.165) is 29.1 Å². The minimum absolute atomic E-state index is 0.0109. The summed E-state index contributed by atoms with van der Waals surface area (Å²) in [4.78, 5) is 15.6. The first kappa shape index (κ1) is 20.6. The molecule has 0 N–H and O–H groups in total. The van der Waals surface area contributed by atoms with E-state index in [1.165, 1.54) is 0 Å². The Hall–Kier alpha value is -2.70. The van der Waals surface area contributed by atoms with Crippen molar-refractivity contribution in [2.45, 2.75) is 31.8 Å². The summed E-state index contributed by atoms with van der Waals surface area (Å²) in [5, 5.41) is 6.46. The van der Waals surface area contributed by atoms with Crippen LogP contribution >= 0.6 is 0 Å². The molecule has 0 aliphatic carbocycles. The van der Waals surface area contributed by atoms with Gasteiger partial charge in [0.05, 0.1) is 38.6 Å². The topological polar surface area (TPSA) is 54.4 Å². The summed E-state index contributed by atoms with van der Waals surface area (Å²) in [6.45, 7) is 6.58. The van der Waals surface area contributed by atoms with E-state index in [0.29, 0.717) is 26.2 Å². The number of benzene rings is 2. The highest BCUT2D eigenvalue weighted by Gasteiger charge is 2.37. The lowest BCUT2D eigenvalue weighted by molar-refractivity contribution is -0.139. The van der Waals surface area contributed by atoms with Gasteiger partial charge in [-0.15, -0.1) is 0 Å². The molecule has 6 nitrogen and oxygen atoms in total. The number of morpholine rings is 1. The standard InChI is InChI=1S/C24H29N3O3/c1-24(2)17-30-14-13-26(24)16-23(28)27-22(19-9-11-20(29-3)12-10-19)15-21(25-27)18-7-5-4-6-8-18/h4-12,22H,13-17H2,1-3H3. The number of rotatable bonds is 5. The Morgan fingerprint density at radius 2 is 1.90 bits per heavy atom. The normalized spacial score (nSPS) is 21.4. The fourth-order valence-corrected chi connectivity index (χ4v) is 4.05. The van der Waals surface area contributed by atoms with Gasteiger partial charge >= 0.3 is 0 Å². The van der Waals surface area contributed by atoms with Gasteiger partial charge in [-0.25, -0.2) is 5.01 Å². The molecular weight excluding hydrogens is 378 g/mol. The molecule has 1 fully saturated rings. The van der Waals surface area contributed by atoms with Crippen LogP contribution in [0.3, 0.4) is 0 Å². The molecule has 1 amide bonds. The Morgan fingerprint density at radius 1 is 1.17 bits per heavy atom. The van der Waals surface area contributed by atoms with Crippen LogP contribution in [0, 0.1) is 0 Å². The number of hydrogen-bond donors (Lipinski definition) is 0. The highest BCUT2D eigenvalue weighted by atomic mass is 16.5. The minimum atomic E-state index is -0.171. The van der Waals surface area contributed by atoms with Crippen molar-refractivity contribution in [2.24, 2.45) is 5.10 Å². The number of hydrazone groups is 1. The molecule has 0 spiro atoms. The van der Waals surface area contributed by atoms with Crippen molar-refractivity contribution in [3.8, 4) is 5.75 Å². The Bertz CT molecular complexity index is 909. The molecule has 2 aromatic carbocycles. The average Bonchev–Trinajstić information content (AvgIpc) is 3.21. The van der Waals surface area contributed by atoms with Crippen molar-refractivity contribution < 1.29 is 14.3 Å². The Labute approximate surface area is 178 Å². The summed E-state index contributed by atoms with van der Waals surface area (Å²) in [6.07, 6.45) is 0.689. The van der Waals surface area contributed by atoms with Gasteiger partial charge in [0.15, 0.2) is 0 Å². The van der Waals surface area contributed by atoms with Crippen LogP contribution in [0.5, 0.6) is 5.75 Å². The molecule has 2 aliphatic rings. The monoisotopic (exact) mass is 407 g/mol. The van der Waals surface area contributed by atoms with Crippen molar-refractivity contribution in [3.63, 3.8) is 0 Å². The molecule has 30 heavy (non-hydrogen) atoms. The van der Waals surface area contributed by atoms with Crippen LogP contribution in [0.25, 0.3) is 0 Å². The number of hydrogen-bond acceptors (Lipinski definition) is 5. The van der Waals surface area contributed by atoms with Gasteiger partial charge in [0.25, 0.3) is 5.91 Å². The zero-order valence-corrected chi connectivity index (χ0v) is 17.9. The molecule has 2 aliphatic heterocycles. The van der Waals surface area contributed by atoms with Crippen LogP contribution in [0.2, 0.25) is 0 Å². The molecule has 4 rings (SSSR count). The van der Waals surface area contributed by atoms with E-state index < -0.39 is 0 Å². The number of methoxy groups -OCH3 is 1.